The molecule has 2 aromatic rings. The first-order valence-corrected chi connectivity index (χ1v) is 7.02. The lowest BCUT2D eigenvalue weighted by Gasteiger charge is -2.11. The van der Waals surface area contributed by atoms with Crippen LogP contribution in [0, 0.1) is 5.82 Å². The van der Waals surface area contributed by atoms with E-state index in [-0.39, 0.29) is 12.5 Å². The molecule has 0 radical (unpaired) electrons. The Morgan fingerprint density at radius 1 is 1.23 bits per heavy atom. The second-order valence-corrected chi connectivity index (χ2v) is 5.09. The molecule has 0 unspecified atom stereocenters. The number of hydrogen-bond acceptors (Lipinski definition) is 3. The number of halogens is 1. The molecular formula is C17H15FN2O2. The van der Waals surface area contributed by atoms with Gasteiger partial charge >= 0.3 is 0 Å². The fourth-order valence-electron chi connectivity index (χ4n) is 2.38. The van der Waals surface area contributed by atoms with E-state index in [4.69, 9.17) is 5.11 Å². The second kappa shape index (κ2) is 6.07. The van der Waals surface area contributed by atoms with Crippen molar-refractivity contribution in [3.63, 3.8) is 0 Å². The van der Waals surface area contributed by atoms with Crippen molar-refractivity contribution in [2.24, 2.45) is 5.10 Å². The van der Waals surface area contributed by atoms with E-state index in [9.17, 15) is 9.18 Å². The van der Waals surface area contributed by atoms with Gasteiger partial charge in [0.1, 0.15) is 5.82 Å². The molecule has 0 aromatic heterocycles. The van der Waals surface area contributed by atoms with Crippen LogP contribution in [-0.2, 0) is 6.61 Å². The minimum atomic E-state index is -0.436. The summed E-state index contributed by atoms with van der Waals surface area (Å²) in [6.07, 6.45) is 0.652. The Morgan fingerprint density at radius 3 is 2.68 bits per heavy atom. The number of aliphatic hydroxyl groups excluding tert-OH is 1. The first kappa shape index (κ1) is 14.4. The average molecular weight is 298 g/mol. The molecule has 1 heterocycles. The minimum absolute atomic E-state index is 0.00304. The predicted octanol–water partition coefficient (Wildman–Crippen LogP) is 2.57. The van der Waals surface area contributed by atoms with Crippen molar-refractivity contribution in [3.05, 3.63) is 71.0 Å². The largest absolute Gasteiger partial charge is 0.392 e. The van der Waals surface area contributed by atoms with Gasteiger partial charge in [-0.05, 0) is 29.3 Å². The molecule has 0 spiro atoms. The van der Waals surface area contributed by atoms with Gasteiger partial charge in [-0.15, -0.1) is 0 Å². The summed E-state index contributed by atoms with van der Waals surface area (Å²) in [6, 6.07) is 13.0. The van der Waals surface area contributed by atoms with Gasteiger partial charge in [0.05, 0.1) is 18.9 Å². The van der Waals surface area contributed by atoms with Crippen molar-refractivity contribution in [2.75, 3.05) is 6.54 Å². The van der Waals surface area contributed by atoms with Gasteiger partial charge in [0, 0.05) is 12.0 Å². The van der Waals surface area contributed by atoms with Gasteiger partial charge < -0.3 is 5.11 Å². The number of carbonyl (C=O) groups excluding carboxylic acids is 1. The summed E-state index contributed by atoms with van der Waals surface area (Å²) in [5, 5.41) is 14.7. The van der Waals surface area contributed by atoms with Crippen LogP contribution in [0.1, 0.15) is 27.9 Å². The Labute approximate surface area is 127 Å². The molecule has 0 fully saturated rings. The topological polar surface area (TPSA) is 52.9 Å². The van der Waals surface area contributed by atoms with Crippen LogP contribution in [0.3, 0.4) is 0 Å². The van der Waals surface area contributed by atoms with Gasteiger partial charge in [-0.3, -0.25) is 4.79 Å². The molecular weight excluding hydrogens is 283 g/mol. The predicted molar refractivity (Wildman–Crippen MR) is 81.0 cm³/mol. The van der Waals surface area contributed by atoms with E-state index in [1.54, 1.807) is 6.07 Å². The van der Waals surface area contributed by atoms with E-state index >= 15 is 0 Å². The third-order valence-electron chi connectivity index (χ3n) is 3.58. The average Bonchev–Trinajstić information content (AvgIpc) is 3.04. The van der Waals surface area contributed by atoms with Crippen LogP contribution < -0.4 is 0 Å². The van der Waals surface area contributed by atoms with Gasteiger partial charge in [-0.2, -0.15) is 5.10 Å². The molecule has 0 saturated heterocycles. The molecule has 1 aliphatic heterocycles. The highest BCUT2D eigenvalue weighted by Gasteiger charge is 2.22. The number of amides is 1. The summed E-state index contributed by atoms with van der Waals surface area (Å²) in [5.74, 6) is -0.740. The zero-order chi connectivity index (χ0) is 15.5. The highest BCUT2D eigenvalue weighted by molar-refractivity contribution is 6.04. The normalized spacial score (nSPS) is 14.1. The van der Waals surface area contributed by atoms with Crippen molar-refractivity contribution in [1.82, 2.24) is 5.01 Å². The van der Waals surface area contributed by atoms with Crippen molar-refractivity contribution in [2.45, 2.75) is 13.0 Å². The first-order chi connectivity index (χ1) is 10.7. The van der Waals surface area contributed by atoms with Gasteiger partial charge in [-0.1, -0.05) is 30.3 Å². The lowest BCUT2D eigenvalue weighted by molar-refractivity contribution is 0.0778. The molecule has 22 heavy (non-hydrogen) atoms. The van der Waals surface area contributed by atoms with Gasteiger partial charge in [-0.25, -0.2) is 9.40 Å². The van der Waals surface area contributed by atoms with Crippen LogP contribution >= 0.6 is 0 Å². The molecule has 0 atom stereocenters. The molecule has 0 saturated carbocycles. The SMILES string of the molecule is O=C(c1cccc(F)c1)N1CCC(c2ccc(CO)cc2)=N1. The molecule has 0 bridgehead atoms. The summed E-state index contributed by atoms with van der Waals surface area (Å²) < 4.78 is 13.2. The van der Waals surface area contributed by atoms with Crippen molar-refractivity contribution >= 4 is 11.6 Å². The van der Waals surface area contributed by atoms with Crippen molar-refractivity contribution < 1.29 is 14.3 Å². The summed E-state index contributed by atoms with van der Waals surface area (Å²) in [7, 11) is 0. The van der Waals surface area contributed by atoms with E-state index in [0.29, 0.717) is 18.5 Å². The highest BCUT2D eigenvalue weighted by Crippen LogP contribution is 2.17. The van der Waals surface area contributed by atoms with Gasteiger partial charge in [0.2, 0.25) is 0 Å². The van der Waals surface area contributed by atoms with Crippen LogP contribution in [0.15, 0.2) is 53.6 Å². The molecule has 5 heteroatoms. The lowest BCUT2D eigenvalue weighted by Crippen LogP contribution is -2.23. The number of aliphatic hydroxyl groups is 1. The van der Waals surface area contributed by atoms with Gasteiger partial charge in [0.15, 0.2) is 0 Å². The van der Waals surface area contributed by atoms with E-state index in [2.05, 4.69) is 5.10 Å². The Kier molecular flexibility index (Phi) is 3.98. The Morgan fingerprint density at radius 2 is 2.00 bits per heavy atom. The Hall–Kier alpha value is -2.53. The summed E-state index contributed by atoms with van der Waals surface area (Å²) in [5.41, 5.74) is 2.86. The number of carbonyl (C=O) groups is 1. The molecule has 4 nitrogen and oxygen atoms in total. The minimum Gasteiger partial charge on any atom is -0.392 e. The molecule has 3 rings (SSSR count). The number of hydrogen-bond donors (Lipinski definition) is 1. The third kappa shape index (κ3) is 2.89. The Bertz CT molecular complexity index is 726. The smallest absolute Gasteiger partial charge is 0.274 e. The molecule has 1 amide bonds. The van der Waals surface area contributed by atoms with Crippen LogP contribution in [-0.4, -0.2) is 28.3 Å². The summed E-state index contributed by atoms with van der Waals surface area (Å²) in [4.78, 5) is 12.3. The molecule has 1 aliphatic rings. The van der Waals surface area contributed by atoms with Crippen molar-refractivity contribution in [1.29, 1.82) is 0 Å². The van der Waals surface area contributed by atoms with Gasteiger partial charge in [0.25, 0.3) is 5.91 Å². The zero-order valence-electron chi connectivity index (χ0n) is 11.9. The van der Waals surface area contributed by atoms with Crippen molar-refractivity contribution in [3.8, 4) is 0 Å². The number of hydrazone groups is 1. The van der Waals surface area contributed by atoms with E-state index in [1.807, 2.05) is 24.3 Å². The van der Waals surface area contributed by atoms with E-state index in [1.165, 1.54) is 23.2 Å². The molecule has 112 valence electrons. The summed E-state index contributed by atoms with van der Waals surface area (Å²) in [6.45, 7) is 0.476. The molecule has 0 aliphatic carbocycles. The quantitative estimate of drug-likeness (QED) is 0.947. The van der Waals surface area contributed by atoms with Crippen LogP contribution in [0.4, 0.5) is 4.39 Å². The lowest BCUT2D eigenvalue weighted by atomic mass is 10.1. The maximum atomic E-state index is 13.2. The van der Waals surface area contributed by atoms with E-state index in [0.717, 1.165) is 16.8 Å². The monoisotopic (exact) mass is 298 g/mol. The maximum absolute atomic E-state index is 13.2. The Balaban J connectivity index is 1.80. The number of nitrogens with zero attached hydrogens (tertiary/aromatic N) is 2. The standard InChI is InChI=1S/C17H15FN2O2/c18-15-3-1-2-14(10-15)17(22)20-9-8-16(19-20)13-6-4-12(11-21)5-7-13/h1-7,10,21H,8-9,11H2. The zero-order valence-corrected chi connectivity index (χ0v) is 11.9. The third-order valence-corrected chi connectivity index (χ3v) is 3.58. The summed E-state index contributed by atoms with van der Waals surface area (Å²) >= 11 is 0. The fourth-order valence-corrected chi connectivity index (χ4v) is 2.38. The van der Waals surface area contributed by atoms with Crippen LogP contribution in [0.5, 0.6) is 0 Å². The second-order valence-electron chi connectivity index (χ2n) is 5.09. The molecule has 2 aromatic carbocycles. The molecule has 1 N–H and O–H groups in total. The van der Waals surface area contributed by atoms with E-state index < -0.39 is 5.82 Å². The number of rotatable bonds is 3. The fraction of sp³-hybridized carbons (Fsp3) is 0.176. The first-order valence-electron chi connectivity index (χ1n) is 7.02. The number of benzene rings is 2. The highest BCUT2D eigenvalue weighted by atomic mass is 19.1. The maximum Gasteiger partial charge on any atom is 0.274 e. The van der Waals surface area contributed by atoms with Crippen LogP contribution in [0.2, 0.25) is 0 Å². The van der Waals surface area contributed by atoms with Crippen LogP contribution in [0.25, 0.3) is 0 Å².